The van der Waals surface area contributed by atoms with Crippen molar-refractivity contribution in [1.29, 1.82) is 0 Å². The van der Waals surface area contributed by atoms with Gasteiger partial charge in [-0.1, -0.05) is 23.7 Å². The minimum atomic E-state index is -1.01. The number of amides is 3. The van der Waals surface area contributed by atoms with Crippen molar-refractivity contribution in [2.75, 3.05) is 13.6 Å². The second-order valence-electron chi connectivity index (χ2n) is 6.89. The molecule has 9 nitrogen and oxygen atoms in total. The van der Waals surface area contributed by atoms with Gasteiger partial charge in [0.1, 0.15) is 6.54 Å². The summed E-state index contributed by atoms with van der Waals surface area (Å²) in [5.41, 5.74) is 1.45. The first kappa shape index (κ1) is 18.3. The molecular weight excluding hydrogens is 386 g/mol. The van der Waals surface area contributed by atoms with E-state index in [-0.39, 0.29) is 19.0 Å². The summed E-state index contributed by atoms with van der Waals surface area (Å²) in [7, 11) is 1.59. The fourth-order valence-corrected chi connectivity index (χ4v) is 3.78. The van der Waals surface area contributed by atoms with Crippen molar-refractivity contribution in [2.24, 2.45) is 4.99 Å². The van der Waals surface area contributed by atoms with E-state index in [2.05, 4.69) is 4.99 Å². The summed E-state index contributed by atoms with van der Waals surface area (Å²) in [4.78, 5) is 47.4. The highest BCUT2D eigenvalue weighted by molar-refractivity contribution is 6.30. The molecule has 1 saturated heterocycles. The first-order valence-electron chi connectivity index (χ1n) is 8.64. The monoisotopic (exact) mass is 403 g/mol. The Morgan fingerprint density at radius 2 is 1.89 bits per heavy atom. The molecule has 146 valence electrons. The average Bonchev–Trinajstić information content (AvgIpc) is 3.15. The molecule has 1 aromatic carbocycles. The first-order valence-corrected chi connectivity index (χ1v) is 9.02. The molecule has 0 spiro atoms. The summed E-state index contributed by atoms with van der Waals surface area (Å²) in [6.07, 6.45) is 1.01. The summed E-state index contributed by atoms with van der Waals surface area (Å²) in [5, 5.41) is 9.72. The minimum absolute atomic E-state index is 0.118. The Hall–Kier alpha value is -3.07. The van der Waals surface area contributed by atoms with Gasteiger partial charge in [0.25, 0.3) is 5.91 Å². The number of aliphatic imine (C=N–C) groups is 1. The molecule has 2 unspecified atom stereocenters. The van der Waals surface area contributed by atoms with Gasteiger partial charge in [-0.2, -0.15) is 0 Å². The van der Waals surface area contributed by atoms with Gasteiger partial charge >= 0.3 is 12.0 Å². The number of imide groups is 1. The van der Waals surface area contributed by atoms with Gasteiger partial charge in [-0.3, -0.25) is 14.5 Å². The number of hydrogen-bond acceptors (Lipinski definition) is 6. The number of guanidine groups is 1. The number of aliphatic carboxylic acids is 1. The number of fused-ring (bicyclic) bond motifs is 3. The van der Waals surface area contributed by atoms with E-state index in [4.69, 9.17) is 16.7 Å². The average molecular weight is 404 g/mol. The zero-order chi connectivity index (χ0) is 20.2. The van der Waals surface area contributed by atoms with Crippen LogP contribution in [-0.4, -0.2) is 74.4 Å². The number of benzene rings is 1. The van der Waals surface area contributed by atoms with Crippen molar-refractivity contribution in [3.63, 3.8) is 0 Å². The SMILES string of the molecule is CC1=CN2C(=NC3C2C(=O)N(Cc2ccc(Cl)cc2)C(=O)N3C)N1CC(=O)O. The molecule has 1 aromatic rings. The predicted octanol–water partition coefficient (Wildman–Crippen LogP) is 1.36. The van der Waals surface area contributed by atoms with Crippen LogP contribution in [-0.2, 0) is 16.1 Å². The number of hydrogen-bond donors (Lipinski definition) is 1. The number of nitrogens with zero attached hydrogens (tertiary/aromatic N) is 5. The van der Waals surface area contributed by atoms with Gasteiger partial charge in [0.2, 0.25) is 5.96 Å². The number of rotatable bonds is 4. The second kappa shape index (κ2) is 6.52. The van der Waals surface area contributed by atoms with E-state index in [1.807, 2.05) is 0 Å². The van der Waals surface area contributed by atoms with E-state index in [1.54, 1.807) is 49.3 Å². The summed E-state index contributed by atoms with van der Waals surface area (Å²) >= 11 is 5.90. The standard InChI is InChI=1S/C18H18ClN5O4/c1-10-7-23-14-15(20-17(23)22(10)9-13(25)26)21(2)18(28)24(16(14)27)8-11-3-5-12(19)6-4-11/h3-7,14-15H,8-9H2,1-2H3,(H,25,26). The van der Waals surface area contributed by atoms with Crippen LogP contribution in [0.3, 0.4) is 0 Å². The Morgan fingerprint density at radius 3 is 2.54 bits per heavy atom. The van der Waals surface area contributed by atoms with Crippen LogP contribution in [0, 0.1) is 0 Å². The van der Waals surface area contributed by atoms with Crippen LogP contribution in [0.2, 0.25) is 5.02 Å². The van der Waals surface area contributed by atoms with Gasteiger partial charge in [0.05, 0.1) is 6.54 Å². The van der Waals surface area contributed by atoms with Crippen LogP contribution >= 0.6 is 11.6 Å². The van der Waals surface area contributed by atoms with Crippen LogP contribution in [0.4, 0.5) is 4.79 Å². The number of halogens is 1. The van der Waals surface area contributed by atoms with Gasteiger partial charge in [0.15, 0.2) is 12.2 Å². The first-order chi connectivity index (χ1) is 13.3. The fraction of sp³-hybridized carbons (Fsp3) is 0.333. The van der Waals surface area contributed by atoms with Crippen LogP contribution in [0.15, 0.2) is 41.2 Å². The second-order valence-corrected chi connectivity index (χ2v) is 7.33. The molecule has 4 rings (SSSR count). The van der Waals surface area contributed by atoms with Crippen molar-refractivity contribution in [2.45, 2.75) is 25.7 Å². The highest BCUT2D eigenvalue weighted by atomic mass is 35.5. The van der Waals surface area contributed by atoms with Gasteiger partial charge in [-0.25, -0.2) is 9.79 Å². The fourth-order valence-electron chi connectivity index (χ4n) is 3.65. The maximum absolute atomic E-state index is 13.2. The lowest BCUT2D eigenvalue weighted by atomic mass is 10.1. The molecule has 3 heterocycles. The summed E-state index contributed by atoms with van der Waals surface area (Å²) in [6.45, 7) is 1.61. The van der Waals surface area contributed by atoms with Gasteiger partial charge in [-0.05, 0) is 24.6 Å². The molecule has 2 atom stereocenters. The smallest absolute Gasteiger partial charge is 0.328 e. The molecule has 3 aliphatic heterocycles. The Morgan fingerprint density at radius 1 is 1.21 bits per heavy atom. The number of carboxylic acid groups (broad SMARTS) is 1. The van der Waals surface area contributed by atoms with E-state index in [0.29, 0.717) is 16.7 Å². The number of carbonyl (C=O) groups is 3. The molecule has 0 aliphatic carbocycles. The molecular formula is C18H18ClN5O4. The number of urea groups is 1. The van der Waals surface area contributed by atoms with Crippen molar-refractivity contribution >= 4 is 35.5 Å². The molecule has 3 aliphatic rings. The largest absolute Gasteiger partial charge is 0.480 e. The normalized spacial score (nSPS) is 23.7. The summed E-state index contributed by atoms with van der Waals surface area (Å²) < 4.78 is 0. The third-order valence-corrected chi connectivity index (χ3v) is 5.30. The van der Waals surface area contributed by atoms with Crippen molar-refractivity contribution < 1.29 is 19.5 Å². The van der Waals surface area contributed by atoms with Crippen molar-refractivity contribution in [3.8, 4) is 0 Å². The lowest BCUT2D eigenvalue weighted by Crippen LogP contribution is -2.63. The third kappa shape index (κ3) is 2.78. The number of likely N-dealkylation sites (N-methyl/N-ethyl adjacent to an activating group) is 1. The lowest BCUT2D eigenvalue weighted by molar-refractivity contribution is -0.137. The molecule has 10 heteroatoms. The Kier molecular flexibility index (Phi) is 4.26. The molecule has 1 N–H and O–H groups in total. The zero-order valence-corrected chi connectivity index (χ0v) is 16.0. The third-order valence-electron chi connectivity index (χ3n) is 5.05. The van der Waals surface area contributed by atoms with Gasteiger partial charge < -0.3 is 19.8 Å². The van der Waals surface area contributed by atoms with Gasteiger partial charge in [-0.15, -0.1) is 0 Å². The summed E-state index contributed by atoms with van der Waals surface area (Å²) in [6, 6.07) is 5.77. The summed E-state index contributed by atoms with van der Waals surface area (Å²) in [5.74, 6) is -1.01. The number of carboxylic acids is 1. The van der Waals surface area contributed by atoms with E-state index < -0.39 is 24.2 Å². The Bertz CT molecular complexity index is 928. The maximum Gasteiger partial charge on any atom is 0.328 e. The quantitative estimate of drug-likeness (QED) is 0.815. The molecule has 28 heavy (non-hydrogen) atoms. The number of allylic oxidation sites excluding steroid dienone is 1. The molecule has 0 radical (unpaired) electrons. The van der Waals surface area contributed by atoms with E-state index in [9.17, 15) is 14.4 Å². The molecule has 0 saturated carbocycles. The van der Waals surface area contributed by atoms with Crippen molar-refractivity contribution in [3.05, 3.63) is 46.7 Å². The van der Waals surface area contributed by atoms with E-state index in [1.165, 1.54) is 14.7 Å². The van der Waals surface area contributed by atoms with E-state index >= 15 is 0 Å². The number of carbonyl (C=O) groups excluding carboxylic acids is 2. The Balaban J connectivity index is 1.63. The van der Waals surface area contributed by atoms with Crippen LogP contribution < -0.4 is 0 Å². The van der Waals surface area contributed by atoms with Crippen molar-refractivity contribution in [1.82, 2.24) is 19.6 Å². The minimum Gasteiger partial charge on any atom is -0.480 e. The van der Waals surface area contributed by atoms with Crippen LogP contribution in [0.5, 0.6) is 0 Å². The highest BCUT2D eigenvalue weighted by Gasteiger charge is 2.54. The molecule has 0 bridgehead atoms. The highest BCUT2D eigenvalue weighted by Crippen LogP contribution is 2.34. The predicted molar refractivity (Wildman–Crippen MR) is 100 cm³/mol. The lowest BCUT2D eigenvalue weighted by Gasteiger charge is -2.40. The molecule has 0 aromatic heterocycles. The molecule has 3 amide bonds. The Labute approximate surface area is 166 Å². The molecule has 1 fully saturated rings. The van der Waals surface area contributed by atoms with Crippen LogP contribution in [0.25, 0.3) is 0 Å². The van der Waals surface area contributed by atoms with E-state index in [0.717, 1.165) is 5.56 Å². The van der Waals surface area contributed by atoms with Crippen LogP contribution in [0.1, 0.15) is 12.5 Å². The zero-order valence-electron chi connectivity index (χ0n) is 15.2. The van der Waals surface area contributed by atoms with Gasteiger partial charge in [0, 0.05) is 24.0 Å². The maximum atomic E-state index is 13.2. The topological polar surface area (TPSA) is 96.8 Å².